The van der Waals surface area contributed by atoms with Gasteiger partial charge in [-0.2, -0.15) is 0 Å². The maximum Gasteiger partial charge on any atom is 0.318 e. The van der Waals surface area contributed by atoms with E-state index in [0.717, 1.165) is 16.8 Å². The van der Waals surface area contributed by atoms with Gasteiger partial charge in [0.05, 0.1) is 12.6 Å². The quantitative estimate of drug-likeness (QED) is 0.769. The minimum absolute atomic E-state index is 0.0787. The van der Waals surface area contributed by atoms with Crippen molar-refractivity contribution in [2.24, 2.45) is 0 Å². The molecule has 0 saturated carbocycles. The van der Waals surface area contributed by atoms with Gasteiger partial charge in [0, 0.05) is 31.0 Å². The first kappa shape index (κ1) is 20.6. The molecular formula is C22H32N4O. The molecule has 0 aliphatic carbocycles. The van der Waals surface area contributed by atoms with E-state index in [1.54, 1.807) is 0 Å². The fourth-order valence-corrected chi connectivity index (χ4v) is 3.04. The molecule has 2 aromatic rings. The number of amides is 2. The SMILES string of the molecule is C[C@H](c1ccccc1)N(Cc1cc(N)ccc1N(C)C)C(=O)NC(C)(C)C. The van der Waals surface area contributed by atoms with Crippen molar-refractivity contribution in [1.29, 1.82) is 0 Å². The summed E-state index contributed by atoms with van der Waals surface area (Å²) in [7, 11) is 3.99. The van der Waals surface area contributed by atoms with Crippen LogP contribution in [0.2, 0.25) is 0 Å². The topological polar surface area (TPSA) is 61.6 Å². The Labute approximate surface area is 163 Å². The molecule has 2 rings (SSSR count). The Kier molecular flexibility index (Phi) is 6.37. The van der Waals surface area contributed by atoms with E-state index in [0.29, 0.717) is 12.2 Å². The van der Waals surface area contributed by atoms with Crippen LogP contribution in [0.15, 0.2) is 48.5 Å². The number of hydrogen-bond acceptors (Lipinski definition) is 3. The van der Waals surface area contributed by atoms with E-state index in [1.807, 2.05) is 93.2 Å². The van der Waals surface area contributed by atoms with Gasteiger partial charge in [0.25, 0.3) is 0 Å². The molecule has 2 amide bonds. The Morgan fingerprint density at radius 3 is 2.30 bits per heavy atom. The first-order chi connectivity index (χ1) is 12.6. The van der Waals surface area contributed by atoms with Crippen molar-refractivity contribution < 1.29 is 4.79 Å². The van der Waals surface area contributed by atoms with Gasteiger partial charge in [-0.05, 0) is 57.0 Å². The number of hydrogen-bond donors (Lipinski definition) is 2. The van der Waals surface area contributed by atoms with Crippen LogP contribution >= 0.6 is 0 Å². The average molecular weight is 369 g/mol. The van der Waals surface area contributed by atoms with Crippen LogP contribution in [0.3, 0.4) is 0 Å². The van der Waals surface area contributed by atoms with E-state index in [4.69, 9.17) is 5.73 Å². The highest BCUT2D eigenvalue weighted by Gasteiger charge is 2.26. The number of benzene rings is 2. The summed E-state index contributed by atoms with van der Waals surface area (Å²) < 4.78 is 0. The van der Waals surface area contributed by atoms with Crippen LogP contribution in [0.4, 0.5) is 16.2 Å². The number of nitrogens with two attached hydrogens (primary N) is 1. The first-order valence-corrected chi connectivity index (χ1v) is 9.28. The zero-order chi connectivity index (χ0) is 20.2. The third kappa shape index (κ3) is 5.64. The Morgan fingerprint density at radius 2 is 1.74 bits per heavy atom. The first-order valence-electron chi connectivity index (χ1n) is 9.28. The van der Waals surface area contributed by atoms with Gasteiger partial charge in [0.15, 0.2) is 0 Å². The molecule has 0 spiro atoms. The fourth-order valence-electron chi connectivity index (χ4n) is 3.04. The number of rotatable bonds is 5. The minimum Gasteiger partial charge on any atom is -0.399 e. The third-order valence-electron chi connectivity index (χ3n) is 4.42. The molecule has 5 nitrogen and oxygen atoms in total. The van der Waals surface area contributed by atoms with Gasteiger partial charge in [0.1, 0.15) is 0 Å². The predicted octanol–water partition coefficient (Wildman–Crippen LogP) is 4.41. The fraction of sp³-hybridized carbons (Fsp3) is 0.409. The summed E-state index contributed by atoms with van der Waals surface area (Å²) in [6.45, 7) is 8.49. The zero-order valence-electron chi connectivity index (χ0n) is 17.3. The lowest BCUT2D eigenvalue weighted by Gasteiger charge is -2.34. The van der Waals surface area contributed by atoms with E-state index < -0.39 is 0 Å². The smallest absolute Gasteiger partial charge is 0.318 e. The molecular weight excluding hydrogens is 336 g/mol. The number of nitrogen functional groups attached to an aromatic ring is 1. The molecule has 2 aromatic carbocycles. The summed E-state index contributed by atoms with van der Waals surface area (Å²) >= 11 is 0. The molecule has 0 radical (unpaired) electrons. The molecule has 0 fully saturated rings. The summed E-state index contributed by atoms with van der Waals surface area (Å²) in [6.07, 6.45) is 0. The second-order valence-corrected chi connectivity index (χ2v) is 8.18. The van der Waals surface area contributed by atoms with Crippen molar-refractivity contribution in [3.8, 4) is 0 Å². The Balaban J connectivity index is 2.41. The van der Waals surface area contributed by atoms with E-state index in [-0.39, 0.29) is 17.6 Å². The molecule has 0 aromatic heterocycles. The number of nitrogens with zero attached hydrogens (tertiary/aromatic N) is 2. The van der Waals surface area contributed by atoms with E-state index >= 15 is 0 Å². The number of nitrogens with one attached hydrogen (secondary N) is 1. The Bertz CT molecular complexity index is 766. The van der Waals surface area contributed by atoms with Gasteiger partial charge in [-0.15, -0.1) is 0 Å². The molecule has 0 aliphatic rings. The van der Waals surface area contributed by atoms with Crippen molar-refractivity contribution >= 4 is 17.4 Å². The van der Waals surface area contributed by atoms with E-state index in [2.05, 4.69) is 12.2 Å². The maximum absolute atomic E-state index is 13.1. The van der Waals surface area contributed by atoms with Gasteiger partial charge in [-0.1, -0.05) is 30.3 Å². The lowest BCUT2D eigenvalue weighted by molar-refractivity contribution is 0.167. The molecule has 0 aliphatic heterocycles. The van der Waals surface area contributed by atoms with Gasteiger partial charge in [-0.25, -0.2) is 4.79 Å². The molecule has 3 N–H and O–H groups in total. The Morgan fingerprint density at radius 1 is 1.11 bits per heavy atom. The second-order valence-electron chi connectivity index (χ2n) is 8.18. The number of carbonyl (C=O) groups is 1. The summed E-state index contributed by atoms with van der Waals surface area (Å²) in [5.41, 5.74) is 9.58. The van der Waals surface area contributed by atoms with Crippen molar-refractivity contribution in [1.82, 2.24) is 10.2 Å². The molecule has 27 heavy (non-hydrogen) atoms. The van der Waals surface area contributed by atoms with E-state index in [9.17, 15) is 4.79 Å². The molecule has 146 valence electrons. The van der Waals surface area contributed by atoms with Crippen LogP contribution in [0.1, 0.15) is 44.9 Å². The zero-order valence-corrected chi connectivity index (χ0v) is 17.3. The molecule has 0 heterocycles. The van der Waals surface area contributed by atoms with Gasteiger partial charge in [-0.3, -0.25) is 0 Å². The summed E-state index contributed by atoms with van der Waals surface area (Å²) in [6, 6.07) is 15.7. The standard InChI is InChI=1S/C22H32N4O/c1-16(17-10-8-7-9-11-17)26(21(27)24-22(2,3)4)15-18-14-19(23)12-13-20(18)25(5)6/h7-14,16H,15,23H2,1-6H3,(H,24,27)/t16-/m1/s1. The van der Waals surface area contributed by atoms with Crippen LogP contribution in [0.25, 0.3) is 0 Å². The highest BCUT2D eigenvalue weighted by atomic mass is 16.2. The molecule has 1 atom stereocenters. The van der Waals surface area contributed by atoms with Gasteiger partial charge < -0.3 is 20.9 Å². The maximum atomic E-state index is 13.1. The van der Waals surface area contributed by atoms with Crippen LogP contribution in [0, 0.1) is 0 Å². The van der Waals surface area contributed by atoms with Crippen LogP contribution in [0.5, 0.6) is 0 Å². The largest absolute Gasteiger partial charge is 0.399 e. The average Bonchev–Trinajstić information content (AvgIpc) is 2.58. The summed E-state index contributed by atoms with van der Waals surface area (Å²) in [5, 5.41) is 3.10. The lowest BCUT2D eigenvalue weighted by Crippen LogP contribution is -2.49. The molecule has 0 saturated heterocycles. The summed E-state index contributed by atoms with van der Waals surface area (Å²) in [4.78, 5) is 17.0. The Hall–Kier alpha value is -2.69. The lowest BCUT2D eigenvalue weighted by atomic mass is 10.0. The third-order valence-corrected chi connectivity index (χ3v) is 4.42. The summed E-state index contributed by atoms with van der Waals surface area (Å²) in [5.74, 6) is 0. The highest BCUT2D eigenvalue weighted by Crippen LogP contribution is 2.28. The van der Waals surface area contributed by atoms with Crippen LogP contribution < -0.4 is 16.0 Å². The number of urea groups is 1. The van der Waals surface area contributed by atoms with Gasteiger partial charge in [0.2, 0.25) is 0 Å². The van der Waals surface area contributed by atoms with Crippen molar-refractivity contribution in [3.63, 3.8) is 0 Å². The monoisotopic (exact) mass is 368 g/mol. The van der Waals surface area contributed by atoms with Gasteiger partial charge >= 0.3 is 6.03 Å². The number of anilines is 2. The molecule has 5 heteroatoms. The normalized spacial score (nSPS) is 12.4. The van der Waals surface area contributed by atoms with Crippen molar-refractivity contribution in [2.45, 2.75) is 45.8 Å². The minimum atomic E-state index is -0.314. The van der Waals surface area contributed by atoms with Crippen molar-refractivity contribution in [2.75, 3.05) is 24.7 Å². The van der Waals surface area contributed by atoms with Crippen LogP contribution in [-0.4, -0.2) is 30.6 Å². The highest BCUT2D eigenvalue weighted by molar-refractivity contribution is 5.76. The van der Waals surface area contributed by atoms with Crippen molar-refractivity contribution in [3.05, 3.63) is 59.7 Å². The number of carbonyl (C=O) groups excluding carboxylic acids is 1. The molecule has 0 bridgehead atoms. The van der Waals surface area contributed by atoms with Crippen LogP contribution in [-0.2, 0) is 6.54 Å². The van der Waals surface area contributed by atoms with E-state index in [1.165, 1.54) is 0 Å². The second kappa shape index (κ2) is 8.33. The molecule has 0 unspecified atom stereocenters. The predicted molar refractivity (Wildman–Crippen MR) is 114 cm³/mol.